The van der Waals surface area contributed by atoms with Crippen LogP contribution in [-0.4, -0.2) is 48.9 Å². The normalized spacial score (nSPS) is 13.1. The van der Waals surface area contributed by atoms with E-state index in [1.807, 2.05) is 6.07 Å². The van der Waals surface area contributed by atoms with E-state index in [4.69, 9.17) is 4.74 Å². The fraction of sp³-hybridized carbons (Fsp3) is 0.368. The Morgan fingerprint density at radius 3 is 2.66 bits per heavy atom. The summed E-state index contributed by atoms with van der Waals surface area (Å²) < 4.78 is 34.7. The molecule has 3 aromatic rings. The van der Waals surface area contributed by atoms with Gasteiger partial charge < -0.3 is 14.4 Å². The second kappa shape index (κ2) is 6.64. The minimum Gasteiger partial charge on any atom is -0.496 e. The molecule has 1 aromatic carbocycles. The molecule has 0 fully saturated rings. The number of methoxy groups -OCH3 is 1. The van der Waals surface area contributed by atoms with E-state index in [0.29, 0.717) is 46.9 Å². The number of alkyl halides is 2. The molecular formula is C19H19F2N5O3. The highest BCUT2D eigenvalue weighted by Gasteiger charge is 2.32. The van der Waals surface area contributed by atoms with Crippen LogP contribution in [0.25, 0.3) is 22.6 Å². The van der Waals surface area contributed by atoms with Gasteiger partial charge in [0.25, 0.3) is 0 Å². The SMILES string of the molecule is COc1cc2c(cc1-c1nnn(C)n1)-c1c(CC(C)(F)F)cc(C(=O)O)n1CC2. The molecule has 0 saturated heterocycles. The molecule has 4 rings (SSSR count). The van der Waals surface area contributed by atoms with E-state index in [9.17, 15) is 18.7 Å². The van der Waals surface area contributed by atoms with Gasteiger partial charge in [0, 0.05) is 18.5 Å². The van der Waals surface area contributed by atoms with Gasteiger partial charge in [-0.15, -0.1) is 10.2 Å². The summed E-state index contributed by atoms with van der Waals surface area (Å²) in [6.07, 6.45) is -0.0103. The number of aryl methyl sites for hydroxylation is 2. The van der Waals surface area contributed by atoms with Crippen molar-refractivity contribution < 1.29 is 23.4 Å². The zero-order valence-electron chi connectivity index (χ0n) is 16.1. The van der Waals surface area contributed by atoms with Gasteiger partial charge in [-0.1, -0.05) is 0 Å². The quantitative estimate of drug-likeness (QED) is 0.704. The number of carboxylic acids is 1. The van der Waals surface area contributed by atoms with Crippen LogP contribution >= 0.6 is 0 Å². The van der Waals surface area contributed by atoms with Crippen LogP contribution in [0.2, 0.25) is 0 Å². The molecule has 2 aromatic heterocycles. The van der Waals surface area contributed by atoms with Gasteiger partial charge in [0.15, 0.2) is 0 Å². The molecule has 1 aliphatic heterocycles. The third kappa shape index (κ3) is 3.34. The largest absolute Gasteiger partial charge is 0.496 e. The van der Waals surface area contributed by atoms with Crippen molar-refractivity contribution in [1.29, 1.82) is 0 Å². The molecule has 1 N–H and O–H groups in total. The number of fused-ring (bicyclic) bond motifs is 3. The first-order chi connectivity index (χ1) is 13.7. The van der Waals surface area contributed by atoms with Crippen LogP contribution in [0.5, 0.6) is 5.75 Å². The monoisotopic (exact) mass is 403 g/mol. The molecule has 0 unspecified atom stereocenters. The van der Waals surface area contributed by atoms with E-state index in [-0.39, 0.29) is 5.69 Å². The Hall–Kier alpha value is -3.30. The zero-order chi connectivity index (χ0) is 20.9. The van der Waals surface area contributed by atoms with Crippen LogP contribution in [0.15, 0.2) is 18.2 Å². The van der Waals surface area contributed by atoms with E-state index in [0.717, 1.165) is 12.5 Å². The summed E-state index contributed by atoms with van der Waals surface area (Å²) in [5, 5.41) is 21.6. The number of hydrogen-bond donors (Lipinski definition) is 1. The van der Waals surface area contributed by atoms with E-state index in [1.165, 1.54) is 18.0 Å². The summed E-state index contributed by atoms with van der Waals surface area (Å²) in [5.74, 6) is -3.25. The lowest BCUT2D eigenvalue weighted by atomic mass is 9.92. The first kappa shape index (κ1) is 19.0. The fourth-order valence-electron chi connectivity index (χ4n) is 3.82. The van der Waals surface area contributed by atoms with Crippen LogP contribution in [0, 0.1) is 0 Å². The zero-order valence-corrected chi connectivity index (χ0v) is 16.1. The molecule has 152 valence electrons. The van der Waals surface area contributed by atoms with Crippen molar-refractivity contribution in [1.82, 2.24) is 24.8 Å². The number of halogens is 2. The summed E-state index contributed by atoms with van der Waals surface area (Å²) in [6, 6.07) is 4.93. The van der Waals surface area contributed by atoms with E-state index < -0.39 is 18.3 Å². The predicted octanol–water partition coefficient (Wildman–Crippen LogP) is 2.81. The van der Waals surface area contributed by atoms with Crippen molar-refractivity contribution in [2.45, 2.75) is 32.2 Å². The van der Waals surface area contributed by atoms with Gasteiger partial charge in [-0.2, -0.15) is 4.80 Å². The van der Waals surface area contributed by atoms with E-state index in [1.54, 1.807) is 17.7 Å². The Morgan fingerprint density at radius 1 is 1.31 bits per heavy atom. The highest BCUT2D eigenvalue weighted by Crippen LogP contribution is 2.42. The van der Waals surface area contributed by atoms with Gasteiger partial charge in [0.1, 0.15) is 11.4 Å². The second-order valence-electron chi connectivity index (χ2n) is 7.17. The number of aromatic nitrogens is 5. The number of rotatable bonds is 5. The standard InChI is InChI=1S/C19H19F2N5O3/c1-19(20,21)9-11-6-14(18(27)28)26-5-4-10-7-15(29-3)13(8-12(10)16(11)26)17-22-24-25(2)23-17/h6-8H,4-5,9H2,1-3H3,(H,27,28). The summed E-state index contributed by atoms with van der Waals surface area (Å²) in [7, 11) is 3.16. The van der Waals surface area contributed by atoms with Crippen molar-refractivity contribution >= 4 is 5.97 Å². The molecule has 0 bridgehead atoms. The lowest BCUT2D eigenvalue weighted by Crippen LogP contribution is -2.18. The Morgan fingerprint density at radius 2 is 2.07 bits per heavy atom. The number of tetrazole rings is 1. The van der Waals surface area contributed by atoms with Gasteiger partial charge >= 0.3 is 5.97 Å². The van der Waals surface area contributed by atoms with Gasteiger partial charge in [-0.05, 0) is 47.9 Å². The van der Waals surface area contributed by atoms with Gasteiger partial charge in [-0.25, -0.2) is 13.6 Å². The Balaban J connectivity index is 1.96. The number of nitrogens with zero attached hydrogens (tertiary/aromatic N) is 5. The summed E-state index contributed by atoms with van der Waals surface area (Å²) in [5.41, 5.74) is 2.89. The summed E-state index contributed by atoms with van der Waals surface area (Å²) in [6.45, 7) is 1.20. The van der Waals surface area contributed by atoms with Crippen LogP contribution in [0.1, 0.15) is 28.5 Å². The van der Waals surface area contributed by atoms with Crippen molar-refractivity contribution in [3.63, 3.8) is 0 Å². The third-order valence-corrected chi connectivity index (χ3v) is 4.93. The molecule has 0 aliphatic carbocycles. The van der Waals surface area contributed by atoms with Crippen molar-refractivity contribution in [3.05, 3.63) is 35.0 Å². The fourth-order valence-corrected chi connectivity index (χ4v) is 3.82. The number of ether oxygens (including phenoxy) is 1. The minimum atomic E-state index is -2.97. The van der Waals surface area contributed by atoms with Crippen LogP contribution in [0.4, 0.5) is 8.78 Å². The number of carboxylic acid groups (broad SMARTS) is 1. The van der Waals surface area contributed by atoms with Crippen LogP contribution in [-0.2, 0) is 26.4 Å². The number of aromatic carboxylic acids is 1. The van der Waals surface area contributed by atoms with Crippen molar-refractivity contribution in [2.75, 3.05) is 7.11 Å². The topological polar surface area (TPSA) is 95.1 Å². The molecule has 0 amide bonds. The Kier molecular flexibility index (Phi) is 4.36. The maximum absolute atomic E-state index is 13.8. The molecule has 0 spiro atoms. The van der Waals surface area contributed by atoms with Crippen molar-refractivity contribution in [2.24, 2.45) is 7.05 Å². The minimum absolute atomic E-state index is 0.0000965. The van der Waals surface area contributed by atoms with Crippen LogP contribution < -0.4 is 4.74 Å². The molecular weight excluding hydrogens is 384 g/mol. The van der Waals surface area contributed by atoms with Crippen LogP contribution in [0.3, 0.4) is 0 Å². The predicted molar refractivity (Wildman–Crippen MR) is 99.2 cm³/mol. The van der Waals surface area contributed by atoms with Gasteiger partial charge in [0.2, 0.25) is 11.7 Å². The molecule has 0 atom stereocenters. The maximum Gasteiger partial charge on any atom is 0.352 e. The van der Waals surface area contributed by atoms with E-state index in [2.05, 4.69) is 15.4 Å². The molecule has 10 heteroatoms. The lowest BCUT2D eigenvalue weighted by Gasteiger charge is -2.24. The summed E-state index contributed by atoms with van der Waals surface area (Å²) >= 11 is 0. The summed E-state index contributed by atoms with van der Waals surface area (Å²) in [4.78, 5) is 13.0. The van der Waals surface area contributed by atoms with Gasteiger partial charge in [-0.3, -0.25) is 0 Å². The molecule has 3 heterocycles. The second-order valence-corrected chi connectivity index (χ2v) is 7.17. The first-order valence-electron chi connectivity index (χ1n) is 8.97. The number of hydrogen-bond acceptors (Lipinski definition) is 5. The lowest BCUT2D eigenvalue weighted by molar-refractivity contribution is 0.0227. The van der Waals surface area contributed by atoms with Crippen molar-refractivity contribution in [3.8, 4) is 28.4 Å². The smallest absolute Gasteiger partial charge is 0.352 e. The number of carbonyl (C=O) groups is 1. The van der Waals surface area contributed by atoms with E-state index >= 15 is 0 Å². The Labute approximate surface area is 164 Å². The Bertz CT molecular complexity index is 1110. The molecule has 0 saturated carbocycles. The maximum atomic E-state index is 13.8. The highest BCUT2D eigenvalue weighted by molar-refractivity contribution is 5.90. The third-order valence-electron chi connectivity index (χ3n) is 4.93. The number of benzene rings is 1. The average Bonchev–Trinajstić information content (AvgIpc) is 3.23. The molecule has 8 nitrogen and oxygen atoms in total. The highest BCUT2D eigenvalue weighted by atomic mass is 19.3. The average molecular weight is 403 g/mol. The molecule has 29 heavy (non-hydrogen) atoms. The van der Waals surface area contributed by atoms with Gasteiger partial charge in [0.05, 0.1) is 25.4 Å². The molecule has 0 radical (unpaired) electrons. The first-order valence-corrected chi connectivity index (χ1v) is 8.97. The molecule has 1 aliphatic rings.